The molecule has 0 spiro atoms. The number of hydrogen-bond donors (Lipinski definition) is 0. The normalized spacial score (nSPS) is 12.9. The zero-order valence-corrected chi connectivity index (χ0v) is 7.68. The number of alkyl halides is 1. The quantitative estimate of drug-likeness (QED) is 0.642. The average Bonchev–Trinajstić information content (AvgIpc) is 2.17. The molecule has 0 saturated heterocycles. The lowest BCUT2D eigenvalue weighted by atomic mass is 9.98. The van der Waals surface area contributed by atoms with Crippen LogP contribution in [0.4, 0.5) is 4.39 Å². The molecule has 1 atom stereocenters. The lowest BCUT2D eigenvalue weighted by Crippen LogP contribution is -1.90. The summed E-state index contributed by atoms with van der Waals surface area (Å²) in [6, 6.07) is 7.76. The van der Waals surface area contributed by atoms with Gasteiger partial charge in [0.2, 0.25) is 0 Å². The van der Waals surface area contributed by atoms with Crippen molar-refractivity contribution in [1.82, 2.24) is 0 Å². The summed E-state index contributed by atoms with van der Waals surface area (Å²) in [5.41, 5.74) is 2.07. The highest BCUT2D eigenvalue weighted by molar-refractivity contribution is 5.24. The summed E-state index contributed by atoms with van der Waals surface area (Å²) in [5.74, 6) is 0.582. The van der Waals surface area contributed by atoms with E-state index in [0.717, 1.165) is 12.0 Å². The molecule has 1 heteroatoms. The highest BCUT2D eigenvalue weighted by Crippen LogP contribution is 2.18. The van der Waals surface area contributed by atoms with Crippen molar-refractivity contribution < 1.29 is 4.39 Å². The van der Waals surface area contributed by atoms with Gasteiger partial charge in [0.25, 0.3) is 0 Å². The van der Waals surface area contributed by atoms with Gasteiger partial charge in [-0.15, -0.1) is 0 Å². The molecule has 1 aromatic rings. The van der Waals surface area contributed by atoms with Crippen molar-refractivity contribution in [2.45, 2.75) is 32.9 Å². The van der Waals surface area contributed by atoms with Gasteiger partial charge >= 0.3 is 0 Å². The van der Waals surface area contributed by atoms with Gasteiger partial charge in [-0.3, -0.25) is 0 Å². The molecule has 0 heterocycles. The molecule has 1 rings (SSSR count). The summed E-state index contributed by atoms with van der Waals surface area (Å²) in [4.78, 5) is 0. The zero-order chi connectivity index (χ0) is 8.97. The van der Waals surface area contributed by atoms with Crippen molar-refractivity contribution in [2.75, 3.05) is 0 Å². The molecular weight excluding hydrogens is 151 g/mol. The molecule has 0 radical (unpaired) electrons. The summed E-state index contributed by atoms with van der Waals surface area (Å²) in [5, 5.41) is 0. The van der Waals surface area contributed by atoms with Crippen LogP contribution in [0.5, 0.6) is 0 Å². The Kier molecular flexibility index (Phi) is 3.27. The fourth-order valence-electron chi connectivity index (χ4n) is 1.17. The third kappa shape index (κ3) is 2.07. The Labute approximate surface area is 73.4 Å². The Balaban J connectivity index is 2.77. The maximum Gasteiger partial charge on any atom is 0.115 e. The van der Waals surface area contributed by atoms with Crippen molar-refractivity contribution in [2.24, 2.45) is 0 Å². The SMILES string of the molecule is CCC(C)c1ccc(CF)cc1. The molecule has 0 aliphatic heterocycles. The molecule has 0 amide bonds. The van der Waals surface area contributed by atoms with Crippen molar-refractivity contribution in [3.05, 3.63) is 35.4 Å². The van der Waals surface area contributed by atoms with E-state index in [4.69, 9.17) is 0 Å². The number of halogens is 1. The molecule has 66 valence electrons. The molecule has 1 aromatic carbocycles. The molecule has 0 nitrogen and oxygen atoms in total. The number of benzene rings is 1. The summed E-state index contributed by atoms with van der Waals surface area (Å²) >= 11 is 0. The van der Waals surface area contributed by atoms with Gasteiger partial charge in [0, 0.05) is 0 Å². The summed E-state index contributed by atoms with van der Waals surface area (Å²) in [7, 11) is 0. The first-order valence-electron chi connectivity index (χ1n) is 4.42. The smallest absolute Gasteiger partial charge is 0.115 e. The van der Waals surface area contributed by atoms with Crippen molar-refractivity contribution >= 4 is 0 Å². The second-order valence-electron chi connectivity index (χ2n) is 3.18. The summed E-state index contributed by atoms with van der Waals surface area (Å²) < 4.78 is 12.1. The van der Waals surface area contributed by atoms with Gasteiger partial charge in [0.1, 0.15) is 6.67 Å². The molecule has 0 bridgehead atoms. The van der Waals surface area contributed by atoms with Crippen molar-refractivity contribution in [3.8, 4) is 0 Å². The van der Waals surface area contributed by atoms with Crippen LogP contribution in [0.15, 0.2) is 24.3 Å². The summed E-state index contributed by atoms with van der Waals surface area (Å²) in [6.07, 6.45) is 1.13. The standard InChI is InChI=1S/C11H15F/c1-3-9(2)11-6-4-10(8-12)5-7-11/h4-7,9H,3,8H2,1-2H3. The van der Waals surface area contributed by atoms with Crippen LogP contribution in [0.3, 0.4) is 0 Å². The van der Waals surface area contributed by atoms with Crippen LogP contribution in [0, 0.1) is 0 Å². The molecular formula is C11H15F. The van der Waals surface area contributed by atoms with Crippen LogP contribution in [-0.4, -0.2) is 0 Å². The fourth-order valence-corrected chi connectivity index (χ4v) is 1.17. The van der Waals surface area contributed by atoms with E-state index < -0.39 is 0 Å². The van der Waals surface area contributed by atoms with E-state index in [1.54, 1.807) is 0 Å². The first-order chi connectivity index (χ1) is 5.77. The lowest BCUT2D eigenvalue weighted by Gasteiger charge is -2.08. The predicted molar refractivity (Wildman–Crippen MR) is 50.0 cm³/mol. The van der Waals surface area contributed by atoms with Crippen LogP contribution in [0.1, 0.15) is 37.3 Å². The van der Waals surface area contributed by atoms with E-state index in [1.807, 2.05) is 24.3 Å². The Morgan fingerprint density at radius 2 is 1.83 bits per heavy atom. The van der Waals surface area contributed by atoms with Gasteiger partial charge in [0.15, 0.2) is 0 Å². The van der Waals surface area contributed by atoms with Crippen molar-refractivity contribution in [3.63, 3.8) is 0 Å². The highest BCUT2D eigenvalue weighted by Gasteiger charge is 2.01. The second-order valence-corrected chi connectivity index (χ2v) is 3.18. The van der Waals surface area contributed by atoms with E-state index in [9.17, 15) is 4.39 Å². The van der Waals surface area contributed by atoms with Crippen LogP contribution < -0.4 is 0 Å². The largest absolute Gasteiger partial charge is 0.246 e. The third-order valence-corrected chi connectivity index (χ3v) is 2.32. The number of rotatable bonds is 3. The minimum Gasteiger partial charge on any atom is -0.246 e. The first kappa shape index (κ1) is 9.24. The maximum absolute atomic E-state index is 12.1. The van der Waals surface area contributed by atoms with E-state index >= 15 is 0 Å². The van der Waals surface area contributed by atoms with Crippen LogP contribution in [-0.2, 0) is 6.67 Å². The molecule has 0 aliphatic carbocycles. The van der Waals surface area contributed by atoms with Crippen LogP contribution in [0.2, 0.25) is 0 Å². The Morgan fingerprint density at radius 3 is 2.25 bits per heavy atom. The molecule has 0 fully saturated rings. The maximum atomic E-state index is 12.1. The zero-order valence-electron chi connectivity index (χ0n) is 7.68. The summed E-state index contributed by atoms with van der Waals surface area (Å²) in [6.45, 7) is 3.99. The lowest BCUT2D eigenvalue weighted by molar-refractivity contribution is 0.485. The van der Waals surface area contributed by atoms with Gasteiger partial charge in [-0.1, -0.05) is 38.1 Å². The van der Waals surface area contributed by atoms with Gasteiger partial charge < -0.3 is 0 Å². The van der Waals surface area contributed by atoms with Gasteiger partial charge in [-0.25, -0.2) is 4.39 Å². The topological polar surface area (TPSA) is 0 Å². The minimum absolute atomic E-state index is 0.360. The Hall–Kier alpha value is -0.850. The van der Waals surface area contributed by atoms with Crippen molar-refractivity contribution in [1.29, 1.82) is 0 Å². The second kappa shape index (κ2) is 4.24. The van der Waals surface area contributed by atoms with Gasteiger partial charge in [0.05, 0.1) is 0 Å². The molecule has 0 saturated carbocycles. The first-order valence-corrected chi connectivity index (χ1v) is 4.42. The molecule has 1 unspecified atom stereocenters. The highest BCUT2D eigenvalue weighted by atomic mass is 19.1. The molecule has 0 N–H and O–H groups in total. The van der Waals surface area contributed by atoms with E-state index in [0.29, 0.717) is 5.92 Å². The van der Waals surface area contributed by atoms with Crippen LogP contribution in [0.25, 0.3) is 0 Å². The monoisotopic (exact) mass is 166 g/mol. The predicted octanol–water partition coefficient (Wildman–Crippen LogP) is 3.67. The third-order valence-electron chi connectivity index (χ3n) is 2.32. The fraction of sp³-hybridized carbons (Fsp3) is 0.455. The van der Waals surface area contributed by atoms with E-state index in [1.165, 1.54) is 5.56 Å². The Morgan fingerprint density at radius 1 is 1.25 bits per heavy atom. The molecule has 12 heavy (non-hydrogen) atoms. The number of hydrogen-bond acceptors (Lipinski definition) is 0. The van der Waals surface area contributed by atoms with Gasteiger partial charge in [-0.2, -0.15) is 0 Å². The average molecular weight is 166 g/mol. The van der Waals surface area contributed by atoms with Crippen LogP contribution >= 0.6 is 0 Å². The Bertz CT molecular complexity index is 225. The minimum atomic E-state index is -0.360. The molecule has 0 aromatic heterocycles. The van der Waals surface area contributed by atoms with E-state index in [-0.39, 0.29) is 6.67 Å². The molecule has 0 aliphatic rings. The van der Waals surface area contributed by atoms with Gasteiger partial charge in [-0.05, 0) is 23.5 Å². The van der Waals surface area contributed by atoms with E-state index in [2.05, 4.69) is 13.8 Å².